The molecule has 0 fully saturated rings. The molecule has 0 spiro atoms. The van der Waals surface area contributed by atoms with Crippen LogP contribution in [-0.2, 0) is 6.54 Å². The Morgan fingerprint density at radius 2 is 1.80 bits per heavy atom. The molecule has 1 aromatic heterocycles. The van der Waals surface area contributed by atoms with Gasteiger partial charge >= 0.3 is 0 Å². The fourth-order valence-corrected chi connectivity index (χ4v) is 1.92. The van der Waals surface area contributed by atoms with Crippen LogP contribution in [0.2, 0.25) is 0 Å². The Hall–Kier alpha value is -2.82. The number of fused-ring (bicyclic) bond motifs is 1. The molecule has 0 bridgehead atoms. The van der Waals surface area contributed by atoms with Crippen molar-refractivity contribution in [1.82, 2.24) is 20.5 Å². The van der Waals surface area contributed by atoms with E-state index in [0.29, 0.717) is 17.9 Å². The van der Waals surface area contributed by atoms with E-state index in [1.54, 1.807) is 12.4 Å². The highest BCUT2D eigenvalue weighted by molar-refractivity contribution is 5.98. The minimum absolute atomic E-state index is 0.226. The average molecular weight is 264 g/mol. The molecule has 3 rings (SSSR count). The Morgan fingerprint density at radius 1 is 1.00 bits per heavy atom. The van der Waals surface area contributed by atoms with Gasteiger partial charge in [-0.1, -0.05) is 24.3 Å². The number of carbonyl (C=O) groups excluding carboxylic acids is 1. The third-order valence-corrected chi connectivity index (χ3v) is 2.95. The van der Waals surface area contributed by atoms with Crippen LogP contribution in [0.25, 0.3) is 11.3 Å². The van der Waals surface area contributed by atoms with Crippen LogP contribution >= 0.6 is 0 Å². The van der Waals surface area contributed by atoms with Gasteiger partial charge in [-0.25, -0.2) is 0 Å². The molecular weight excluding hydrogens is 252 g/mol. The Bertz CT molecular complexity index is 699. The highest BCUT2D eigenvalue weighted by Crippen LogP contribution is 2.21. The molecule has 1 aliphatic carbocycles. The zero-order chi connectivity index (χ0) is 13.8. The first kappa shape index (κ1) is 12.2. The first-order valence-electron chi connectivity index (χ1n) is 6.23. The van der Waals surface area contributed by atoms with E-state index in [4.69, 9.17) is 0 Å². The van der Waals surface area contributed by atoms with Crippen LogP contribution in [0.5, 0.6) is 0 Å². The number of amides is 1. The van der Waals surface area contributed by atoms with Gasteiger partial charge in [-0.3, -0.25) is 9.78 Å². The maximum absolute atomic E-state index is 12.2. The molecule has 1 aliphatic heterocycles. The summed E-state index contributed by atoms with van der Waals surface area (Å²) in [5.74, 6) is -0.226. The quantitative estimate of drug-likeness (QED) is 0.784. The van der Waals surface area contributed by atoms with Gasteiger partial charge in [0, 0.05) is 24.5 Å². The predicted molar refractivity (Wildman–Crippen MR) is 74.1 cm³/mol. The van der Waals surface area contributed by atoms with E-state index in [1.807, 2.05) is 42.5 Å². The number of carbonyl (C=O) groups is 1. The van der Waals surface area contributed by atoms with Crippen LogP contribution in [0.1, 0.15) is 16.1 Å². The van der Waals surface area contributed by atoms with Crippen LogP contribution < -0.4 is 5.32 Å². The van der Waals surface area contributed by atoms with Crippen molar-refractivity contribution in [1.29, 1.82) is 0 Å². The molecule has 2 heterocycles. The molecule has 5 heteroatoms. The largest absolute Gasteiger partial charge is 0.347 e. The molecule has 20 heavy (non-hydrogen) atoms. The van der Waals surface area contributed by atoms with Crippen molar-refractivity contribution in [2.45, 2.75) is 6.54 Å². The summed E-state index contributed by atoms with van der Waals surface area (Å²) in [4.78, 5) is 16.1. The van der Waals surface area contributed by atoms with Gasteiger partial charge in [0.05, 0.1) is 5.69 Å². The molecule has 98 valence electrons. The number of rotatable bonds is 3. The Labute approximate surface area is 116 Å². The van der Waals surface area contributed by atoms with Crippen molar-refractivity contribution in [2.24, 2.45) is 0 Å². The lowest BCUT2D eigenvalue weighted by molar-refractivity contribution is 0.0946. The summed E-state index contributed by atoms with van der Waals surface area (Å²) in [6, 6.07) is 13.0. The summed E-state index contributed by atoms with van der Waals surface area (Å²) in [7, 11) is 0. The summed E-state index contributed by atoms with van der Waals surface area (Å²) < 4.78 is 0. The van der Waals surface area contributed by atoms with Crippen LogP contribution in [0.15, 0.2) is 54.9 Å². The van der Waals surface area contributed by atoms with Crippen molar-refractivity contribution in [3.05, 3.63) is 66.1 Å². The molecule has 1 aromatic rings. The van der Waals surface area contributed by atoms with Gasteiger partial charge in [-0.05, 0) is 23.8 Å². The maximum atomic E-state index is 12.2. The zero-order valence-electron chi connectivity index (χ0n) is 10.7. The highest BCUT2D eigenvalue weighted by atomic mass is 16.1. The van der Waals surface area contributed by atoms with Crippen molar-refractivity contribution in [2.75, 3.05) is 0 Å². The lowest BCUT2D eigenvalue weighted by Crippen LogP contribution is -2.23. The van der Waals surface area contributed by atoms with Crippen molar-refractivity contribution in [3.8, 4) is 11.3 Å². The van der Waals surface area contributed by atoms with E-state index in [0.717, 1.165) is 11.1 Å². The van der Waals surface area contributed by atoms with E-state index >= 15 is 0 Å². The van der Waals surface area contributed by atoms with Crippen molar-refractivity contribution >= 4 is 5.91 Å². The Kier molecular flexibility index (Phi) is 3.33. The Balaban J connectivity index is 1.77. The number of hydrogen-bond donors (Lipinski definition) is 1. The fraction of sp³-hybridized carbons (Fsp3) is 0.0667. The van der Waals surface area contributed by atoms with Crippen LogP contribution in [0.4, 0.5) is 0 Å². The second-order valence-corrected chi connectivity index (χ2v) is 4.30. The SMILES string of the molecule is O=C(NCc1ccncc1)c1nnc2cccccc1-2. The summed E-state index contributed by atoms with van der Waals surface area (Å²) in [5, 5.41) is 10.8. The maximum Gasteiger partial charge on any atom is 0.272 e. The lowest BCUT2D eigenvalue weighted by Gasteiger charge is -2.03. The minimum Gasteiger partial charge on any atom is -0.347 e. The van der Waals surface area contributed by atoms with E-state index in [2.05, 4.69) is 20.5 Å². The molecule has 1 amide bonds. The zero-order valence-corrected chi connectivity index (χ0v) is 10.7. The van der Waals surface area contributed by atoms with Crippen LogP contribution in [-0.4, -0.2) is 21.1 Å². The molecule has 0 saturated carbocycles. The minimum atomic E-state index is -0.226. The van der Waals surface area contributed by atoms with Crippen molar-refractivity contribution < 1.29 is 4.79 Å². The van der Waals surface area contributed by atoms with Gasteiger partial charge in [-0.15, -0.1) is 10.2 Å². The smallest absolute Gasteiger partial charge is 0.272 e. The van der Waals surface area contributed by atoms with Crippen LogP contribution in [0.3, 0.4) is 0 Å². The first-order chi connectivity index (χ1) is 9.84. The predicted octanol–water partition coefficient (Wildman–Crippen LogP) is 1.91. The average Bonchev–Trinajstić information content (AvgIpc) is 2.75. The topological polar surface area (TPSA) is 67.8 Å². The molecule has 0 aromatic carbocycles. The van der Waals surface area contributed by atoms with E-state index < -0.39 is 0 Å². The van der Waals surface area contributed by atoms with E-state index in [9.17, 15) is 4.79 Å². The third kappa shape index (κ3) is 2.47. The summed E-state index contributed by atoms with van der Waals surface area (Å²) in [6.07, 6.45) is 3.39. The number of nitrogens with zero attached hydrogens (tertiary/aromatic N) is 3. The number of aromatic nitrogens is 3. The molecule has 0 unspecified atom stereocenters. The molecule has 0 saturated heterocycles. The van der Waals surface area contributed by atoms with Gasteiger partial charge in [-0.2, -0.15) is 0 Å². The Morgan fingerprint density at radius 3 is 2.65 bits per heavy atom. The molecule has 5 nitrogen and oxygen atoms in total. The normalized spacial score (nSPS) is 10.4. The third-order valence-electron chi connectivity index (χ3n) is 2.95. The van der Waals surface area contributed by atoms with Crippen LogP contribution in [0, 0.1) is 0 Å². The van der Waals surface area contributed by atoms with Gasteiger partial charge in [0.2, 0.25) is 0 Å². The molecule has 0 atom stereocenters. The second kappa shape index (κ2) is 5.44. The molecule has 1 N–H and O–H groups in total. The van der Waals surface area contributed by atoms with Gasteiger partial charge in [0.15, 0.2) is 5.69 Å². The van der Waals surface area contributed by atoms with Crippen molar-refractivity contribution in [3.63, 3.8) is 0 Å². The molecule has 0 radical (unpaired) electrons. The fourth-order valence-electron chi connectivity index (χ4n) is 1.92. The molecular formula is C15H12N4O. The second-order valence-electron chi connectivity index (χ2n) is 4.30. The number of pyridine rings is 1. The molecule has 2 aliphatic rings. The summed E-state index contributed by atoms with van der Waals surface area (Å²) in [6.45, 7) is 0.439. The standard InChI is InChI=1S/C15H12N4O/c20-15(17-10-11-6-8-16-9-7-11)14-12-4-2-1-3-5-13(12)18-19-14/h1-9H,10H2,(H,17,20). The van der Waals surface area contributed by atoms with Gasteiger partial charge < -0.3 is 5.32 Å². The van der Waals surface area contributed by atoms with Gasteiger partial charge in [0.25, 0.3) is 5.91 Å². The monoisotopic (exact) mass is 264 g/mol. The van der Waals surface area contributed by atoms with Gasteiger partial charge in [0.1, 0.15) is 0 Å². The van der Waals surface area contributed by atoms with E-state index in [-0.39, 0.29) is 5.91 Å². The number of nitrogens with one attached hydrogen (secondary N) is 1. The van der Waals surface area contributed by atoms with E-state index in [1.165, 1.54) is 0 Å². The first-order valence-corrected chi connectivity index (χ1v) is 6.23. The number of hydrogen-bond acceptors (Lipinski definition) is 4. The summed E-state index contributed by atoms with van der Waals surface area (Å²) >= 11 is 0. The lowest BCUT2D eigenvalue weighted by atomic mass is 10.1. The summed E-state index contributed by atoms with van der Waals surface area (Å²) in [5.41, 5.74) is 2.80. The highest BCUT2D eigenvalue weighted by Gasteiger charge is 2.18.